The number of sulfone groups is 1. The molecule has 0 aliphatic heterocycles. The largest absolute Gasteiger partial charge is 0.369 e. The van der Waals surface area contributed by atoms with Crippen LogP contribution in [0.4, 0.5) is 5.69 Å². The van der Waals surface area contributed by atoms with Gasteiger partial charge in [-0.15, -0.1) is 0 Å². The summed E-state index contributed by atoms with van der Waals surface area (Å²) in [5.41, 5.74) is 1.90. The molecule has 0 aliphatic carbocycles. The number of anilines is 1. The van der Waals surface area contributed by atoms with Crippen LogP contribution in [0.3, 0.4) is 0 Å². The van der Waals surface area contributed by atoms with Gasteiger partial charge in [0.25, 0.3) is 0 Å². The highest BCUT2D eigenvalue weighted by atomic mass is 32.2. The van der Waals surface area contributed by atoms with E-state index in [1.54, 1.807) is 19.1 Å². The average Bonchev–Trinajstić information content (AvgIpc) is 2.48. The van der Waals surface area contributed by atoms with Crippen LogP contribution in [-0.2, 0) is 16.4 Å². The van der Waals surface area contributed by atoms with Gasteiger partial charge in [0.15, 0.2) is 9.84 Å². The van der Waals surface area contributed by atoms with Crippen LogP contribution in [0.1, 0.15) is 12.5 Å². The third-order valence-electron chi connectivity index (χ3n) is 3.25. The van der Waals surface area contributed by atoms with Crippen molar-refractivity contribution in [2.75, 3.05) is 17.7 Å². The lowest BCUT2D eigenvalue weighted by atomic mass is 10.2. The van der Waals surface area contributed by atoms with Crippen molar-refractivity contribution in [2.24, 2.45) is 0 Å². The fraction of sp³-hybridized carbons (Fsp3) is 0.250. The maximum absolute atomic E-state index is 12.2. The van der Waals surface area contributed by atoms with Gasteiger partial charge in [0.2, 0.25) is 0 Å². The minimum absolute atomic E-state index is 0.114. The summed E-state index contributed by atoms with van der Waals surface area (Å²) < 4.78 is 24.3. The lowest BCUT2D eigenvalue weighted by Gasteiger charge is -2.22. The Kier molecular flexibility index (Phi) is 4.45. The molecule has 2 rings (SSSR count). The quantitative estimate of drug-likeness (QED) is 0.848. The van der Waals surface area contributed by atoms with Crippen molar-refractivity contribution in [2.45, 2.75) is 18.4 Å². The lowest BCUT2D eigenvalue weighted by molar-refractivity contribution is 0.597. The molecule has 0 spiro atoms. The molecule has 0 saturated carbocycles. The molecule has 4 heteroatoms. The van der Waals surface area contributed by atoms with E-state index in [2.05, 4.69) is 0 Å². The Hall–Kier alpha value is -1.81. The fourth-order valence-electron chi connectivity index (χ4n) is 2.13. The van der Waals surface area contributed by atoms with Crippen LogP contribution in [0.2, 0.25) is 0 Å². The number of hydrogen-bond donors (Lipinski definition) is 0. The summed E-state index contributed by atoms with van der Waals surface area (Å²) in [6.07, 6.45) is 0. The molecule has 0 bridgehead atoms. The second-order valence-electron chi connectivity index (χ2n) is 4.71. The maximum atomic E-state index is 12.2. The molecule has 0 heterocycles. The highest BCUT2D eigenvalue weighted by Gasteiger charge is 2.18. The topological polar surface area (TPSA) is 37.4 Å². The van der Waals surface area contributed by atoms with Crippen molar-refractivity contribution in [1.29, 1.82) is 0 Å². The highest BCUT2D eigenvalue weighted by molar-refractivity contribution is 7.91. The first kappa shape index (κ1) is 14.6. The minimum Gasteiger partial charge on any atom is -0.369 e. The number of rotatable bonds is 5. The Morgan fingerprint density at radius 3 is 2.20 bits per heavy atom. The molecule has 2 aromatic rings. The zero-order chi connectivity index (χ0) is 14.6. The molecule has 0 atom stereocenters. The zero-order valence-electron chi connectivity index (χ0n) is 11.8. The first-order chi connectivity index (χ1) is 9.54. The van der Waals surface area contributed by atoms with E-state index in [1.807, 2.05) is 54.4 Å². The predicted octanol–water partition coefficient (Wildman–Crippen LogP) is 3.12. The fourth-order valence-corrected chi connectivity index (χ4v) is 3.27. The van der Waals surface area contributed by atoms with Crippen molar-refractivity contribution in [3.05, 3.63) is 60.2 Å². The van der Waals surface area contributed by atoms with E-state index in [-0.39, 0.29) is 5.75 Å². The van der Waals surface area contributed by atoms with Gasteiger partial charge in [-0.25, -0.2) is 8.42 Å². The standard InChI is InChI=1S/C16H19NO2S/c1-3-20(18,19)16-12-8-7-11-15(16)17(2)13-14-9-5-4-6-10-14/h4-12H,3,13H2,1-2H3. The second kappa shape index (κ2) is 6.09. The smallest absolute Gasteiger partial charge is 0.180 e. The summed E-state index contributed by atoms with van der Waals surface area (Å²) in [7, 11) is -1.29. The Balaban J connectivity index is 2.34. The predicted molar refractivity (Wildman–Crippen MR) is 82.7 cm³/mol. The average molecular weight is 289 g/mol. The molecule has 0 unspecified atom stereocenters. The molecule has 2 aromatic carbocycles. The molecule has 0 aromatic heterocycles. The number of para-hydroxylation sites is 1. The number of benzene rings is 2. The maximum Gasteiger partial charge on any atom is 0.180 e. The first-order valence-corrected chi connectivity index (χ1v) is 8.26. The van der Waals surface area contributed by atoms with Gasteiger partial charge in [-0.2, -0.15) is 0 Å². The third-order valence-corrected chi connectivity index (χ3v) is 5.03. The van der Waals surface area contributed by atoms with Gasteiger partial charge in [0.05, 0.1) is 16.3 Å². The van der Waals surface area contributed by atoms with Crippen molar-refractivity contribution >= 4 is 15.5 Å². The van der Waals surface area contributed by atoms with E-state index in [0.29, 0.717) is 11.4 Å². The molecule has 3 nitrogen and oxygen atoms in total. The second-order valence-corrected chi connectivity index (χ2v) is 6.96. The summed E-state index contributed by atoms with van der Waals surface area (Å²) in [5, 5.41) is 0. The Bertz CT molecular complexity index is 666. The molecule has 0 saturated heterocycles. The normalized spacial score (nSPS) is 11.3. The molecular weight excluding hydrogens is 270 g/mol. The van der Waals surface area contributed by atoms with Crippen molar-refractivity contribution in [3.8, 4) is 0 Å². The van der Waals surface area contributed by atoms with Gasteiger partial charge in [-0.05, 0) is 17.7 Å². The molecule has 106 valence electrons. The number of hydrogen-bond acceptors (Lipinski definition) is 3. The summed E-state index contributed by atoms with van der Waals surface area (Å²) in [6, 6.07) is 17.2. The Labute approximate surface area is 120 Å². The van der Waals surface area contributed by atoms with Crippen LogP contribution in [0, 0.1) is 0 Å². The monoisotopic (exact) mass is 289 g/mol. The van der Waals surface area contributed by atoms with Crippen LogP contribution in [0.5, 0.6) is 0 Å². The van der Waals surface area contributed by atoms with Gasteiger partial charge in [-0.1, -0.05) is 49.4 Å². The van der Waals surface area contributed by atoms with Crippen molar-refractivity contribution in [3.63, 3.8) is 0 Å². The minimum atomic E-state index is -3.21. The Morgan fingerprint density at radius 1 is 0.950 bits per heavy atom. The van der Waals surface area contributed by atoms with Gasteiger partial charge in [0, 0.05) is 13.6 Å². The lowest BCUT2D eigenvalue weighted by Crippen LogP contribution is -2.19. The highest BCUT2D eigenvalue weighted by Crippen LogP contribution is 2.26. The molecule has 0 radical (unpaired) electrons. The zero-order valence-corrected chi connectivity index (χ0v) is 12.6. The van der Waals surface area contributed by atoms with Gasteiger partial charge in [0.1, 0.15) is 0 Å². The molecule has 20 heavy (non-hydrogen) atoms. The first-order valence-electron chi connectivity index (χ1n) is 6.61. The molecular formula is C16H19NO2S. The molecule has 0 N–H and O–H groups in total. The van der Waals surface area contributed by atoms with E-state index < -0.39 is 9.84 Å². The summed E-state index contributed by atoms with van der Waals surface area (Å²) >= 11 is 0. The van der Waals surface area contributed by atoms with Crippen LogP contribution < -0.4 is 4.90 Å². The van der Waals surface area contributed by atoms with Gasteiger partial charge in [-0.3, -0.25) is 0 Å². The van der Waals surface area contributed by atoms with Crippen LogP contribution >= 0.6 is 0 Å². The van der Waals surface area contributed by atoms with E-state index >= 15 is 0 Å². The van der Waals surface area contributed by atoms with Crippen LogP contribution in [-0.4, -0.2) is 21.2 Å². The van der Waals surface area contributed by atoms with E-state index in [9.17, 15) is 8.42 Å². The van der Waals surface area contributed by atoms with E-state index in [0.717, 1.165) is 11.3 Å². The summed E-state index contributed by atoms with van der Waals surface area (Å²) in [4.78, 5) is 2.37. The SMILES string of the molecule is CCS(=O)(=O)c1ccccc1N(C)Cc1ccccc1. The van der Waals surface area contributed by atoms with Crippen molar-refractivity contribution in [1.82, 2.24) is 0 Å². The Morgan fingerprint density at radius 2 is 1.55 bits per heavy atom. The molecule has 0 aliphatic rings. The summed E-state index contributed by atoms with van der Waals surface area (Å²) in [5.74, 6) is 0.114. The number of nitrogens with zero attached hydrogens (tertiary/aromatic N) is 1. The van der Waals surface area contributed by atoms with Crippen LogP contribution in [0.25, 0.3) is 0 Å². The van der Waals surface area contributed by atoms with Gasteiger partial charge >= 0.3 is 0 Å². The summed E-state index contributed by atoms with van der Waals surface area (Å²) in [6.45, 7) is 2.35. The molecule has 0 fully saturated rings. The third kappa shape index (κ3) is 3.20. The van der Waals surface area contributed by atoms with E-state index in [1.165, 1.54) is 0 Å². The van der Waals surface area contributed by atoms with Crippen molar-refractivity contribution < 1.29 is 8.42 Å². The van der Waals surface area contributed by atoms with Crippen LogP contribution in [0.15, 0.2) is 59.5 Å². The van der Waals surface area contributed by atoms with Gasteiger partial charge < -0.3 is 4.90 Å². The molecule has 0 amide bonds. The van der Waals surface area contributed by atoms with E-state index in [4.69, 9.17) is 0 Å².